The van der Waals surface area contributed by atoms with Gasteiger partial charge in [-0.25, -0.2) is 4.98 Å². The molecule has 0 radical (unpaired) electrons. The van der Waals surface area contributed by atoms with Gasteiger partial charge in [-0.3, -0.25) is 4.98 Å². The number of nitrogens with zero attached hydrogens (tertiary/aromatic N) is 3. The van der Waals surface area contributed by atoms with Crippen LogP contribution in [0.3, 0.4) is 0 Å². The largest absolute Gasteiger partial charge is 0.484 e. The first kappa shape index (κ1) is 16.9. The van der Waals surface area contributed by atoms with Crippen molar-refractivity contribution in [3.63, 3.8) is 0 Å². The van der Waals surface area contributed by atoms with Crippen LogP contribution in [0.4, 0.5) is 0 Å². The quantitative estimate of drug-likeness (QED) is 0.839. The van der Waals surface area contributed by atoms with Crippen LogP contribution in [0.5, 0.6) is 11.6 Å². The molecule has 1 atom stereocenters. The molecule has 2 aromatic heterocycles. The molecule has 0 saturated carbocycles. The molecule has 5 nitrogen and oxygen atoms in total. The Labute approximate surface area is 154 Å². The van der Waals surface area contributed by atoms with Crippen molar-refractivity contribution in [1.82, 2.24) is 14.9 Å². The lowest BCUT2D eigenvalue weighted by Crippen LogP contribution is -2.21. The minimum atomic E-state index is 0.212. The second-order valence-electron chi connectivity index (χ2n) is 7.12. The SMILES string of the molecule is Cc1cc(CC2=CN([C@H](C)c3ccc4c(n3)OCCO4)CC2)cc(C)n1. The van der Waals surface area contributed by atoms with Crippen LogP contribution in [0.2, 0.25) is 0 Å². The molecule has 4 heterocycles. The highest BCUT2D eigenvalue weighted by atomic mass is 16.6. The third-order valence-electron chi connectivity index (χ3n) is 4.96. The summed E-state index contributed by atoms with van der Waals surface area (Å²) < 4.78 is 11.2. The minimum Gasteiger partial charge on any atom is -0.484 e. The lowest BCUT2D eigenvalue weighted by atomic mass is 10.0. The number of ether oxygens (including phenoxy) is 2. The monoisotopic (exact) mass is 351 g/mol. The molecule has 0 unspecified atom stereocenters. The van der Waals surface area contributed by atoms with Gasteiger partial charge in [-0.05, 0) is 75.2 Å². The fourth-order valence-electron chi connectivity index (χ4n) is 3.71. The van der Waals surface area contributed by atoms with Crippen LogP contribution in [0.1, 0.15) is 42.0 Å². The van der Waals surface area contributed by atoms with Gasteiger partial charge >= 0.3 is 0 Å². The smallest absolute Gasteiger partial charge is 0.257 e. The first-order valence-electron chi connectivity index (χ1n) is 9.24. The molecular weight excluding hydrogens is 326 g/mol. The molecular formula is C21H25N3O2. The van der Waals surface area contributed by atoms with Gasteiger partial charge in [0.15, 0.2) is 5.75 Å². The Balaban J connectivity index is 1.48. The van der Waals surface area contributed by atoms with E-state index in [0.717, 1.165) is 42.2 Å². The maximum atomic E-state index is 5.62. The van der Waals surface area contributed by atoms with E-state index in [9.17, 15) is 0 Å². The zero-order chi connectivity index (χ0) is 18.1. The number of aromatic nitrogens is 2. The minimum absolute atomic E-state index is 0.212. The van der Waals surface area contributed by atoms with Crippen molar-refractivity contribution in [3.8, 4) is 11.6 Å². The van der Waals surface area contributed by atoms with E-state index in [1.807, 2.05) is 12.1 Å². The molecule has 0 saturated heterocycles. The fraction of sp³-hybridized carbons (Fsp3) is 0.429. The number of rotatable bonds is 4. The number of fused-ring (bicyclic) bond motifs is 1. The van der Waals surface area contributed by atoms with Gasteiger partial charge in [0.1, 0.15) is 13.2 Å². The molecule has 136 valence electrons. The van der Waals surface area contributed by atoms with Crippen molar-refractivity contribution in [2.75, 3.05) is 19.8 Å². The van der Waals surface area contributed by atoms with Crippen molar-refractivity contribution >= 4 is 0 Å². The van der Waals surface area contributed by atoms with Crippen molar-refractivity contribution in [2.24, 2.45) is 0 Å². The summed E-state index contributed by atoms with van der Waals surface area (Å²) in [5, 5.41) is 0. The fourth-order valence-corrected chi connectivity index (χ4v) is 3.71. The summed E-state index contributed by atoms with van der Waals surface area (Å²) in [6.45, 7) is 8.49. The van der Waals surface area contributed by atoms with Crippen molar-refractivity contribution in [2.45, 2.75) is 39.7 Å². The Morgan fingerprint density at radius 1 is 1.08 bits per heavy atom. The molecule has 0 fully saturated rings. The number of pyridine rings is 2. The Kier molecular flexibility index (Phi) is 4.53. The van der Waals surface area contributed by atoms with Crippen molar-refractivity contribution in [3.05, 3.63) is 58.7 Å². The van der Waals surface area contributed by atoms with E-state index < -0.39 is 0 Å². The van der Waals surface area contributed by atoms with Crippen molar-refractivity contribution in [1.29, 1.82) is 0 Å². The van der Waals surface area contributed by atoms with E-state index in [1.54, 1.807) is 0 Å². The maximum absolute atomic E-state index is 5.62. The summed E-state index contributed by atoms with van der Waals surface area (Å²) in [5.41, 5.74) is 5.99. The topological polar surface area (TPSA) is 47.5 Å². The van der Waals surface area contributed by atoms with Crippen LogP contribution in [0, 0.1) is 13.8 Å². The molecule has 0 N–H and O–H groups in total. The van der Waals surface area contributed by atoms with Gasteiger partial charge in [0.05, 0.1) is 11.7 Å². The first-order chi connectivity index (χ1) is 12.6. The highest BCUT2D eigenvalue weighted by molar-refractivity contribution is 5.37. The average Bonchev–Trinajstić information content (AvgIpc) is 3.08. The van der Waals surface area contributed by atoms with E-state index in [1.165, 1.54) is 11.1 Å². The Bertz CT molecular complexity index is 827. The Morgan fingerprint density at radius 3 is 2.65 bits per heavy atom. The van der Waals surface area contributed by atoms with Gasteiger partial charge in [-0.1, -0.05) is 0 Å². The summed E-state index contributed by atoms with van der Waals surface area (Å²) >= 11 is 0. The Hall–Kier alpha value is -2.56. The highest BCUT2D eigenvalue weighted by Gasteiger charge is 2.22. The molecule has 0 amide bonds. The van der Waals surface area contributed by atoms with E-state index in [0.29, 0.717) is 19.1 Å². The summed E-state index contributed by atoms with van der Waals surface area (Å²) in [6.07, 6.45) is 4.38. The third kappa shape index (κ3) is 3.52. The second kappa shape index (κ2) is 6.98. The summed E-state index contributed by atoms with van der Waals surface area (Å²) in [6, 6.07) is 8.59. The third-order valence-corrected chi connectivity index (χ3v) is 4.96. The standard InChI is InChI=1S/C21H25N3O2/c1-14-10-18(11-15(2)22-14)12-17-6-7-24(13-17)16(3)19-4-5-20-21(23-19)26-9-8-25-20/h4-5,10-11,13,16H,6-9,12H2,1-3H3/t16-/m1/s1. The second-order valence-corrected chi connectivity index (χ2v) is 7.12. The zero-order valence-corrected chi connectivity index (χ0v) is 15.7. The zero-order valence-electron chi connectivity index (χ0n) is 15.7. The highest BCUT2D eigenvalue weighted by Crippen LogP contribution is 2.32. The van der Waals surface area contributed by atoms with Crippen LogP contribution < -0.4 is 9.47 Å². The van der Waals surface area contributed by atoms with E-state index in [4.69, 9.17) is 9.47 Å². The van der Waals surface area contributed by atoms with Gasteiger partial charge in [-0.15, -0.1) is 0 Å². The molecule has 2 aliphatic heterocycles. The predicted molar refractivity (Wildman–Crippen MR) is 100 cm³/mol. The van der Waals surface area contributed by atoms with E-state index in [-0.39, 0.29) is 6.04 Å². The molecule has 2 aromatic rings. The van der Waals surface area contributed by atoms with E-state index >= 15 is 0 Å². The number of hydrogen-bond acceptors (Lipinski definition) is 5. The van der Waals surface area contributed by atoms with E-state index in [2.05, 4.69) is 54.0 Å². The molecule has 4 rings (SSSR count). The van der Waals surface area contributed by atoms with Gasteiger partial charge < -0.3 is 14.4 Å². The van der Waals surface area contributed by atoms with Gasteiger partial charge in [-0.2, -0.15) is 0 Å². The van der Waals surface area contributed by atoms with Crippen LogP contribution in [0.15, 0.2) is 36.0 Å². The van der Waals surface area contributed by atoms with Crippen LogP contribution in [-0.2, 0) is 6.42 Å². The molecule has 0 bridgehead atoms. The molecule has 2 aliphatic rings. The lowest BCUT2D eigenvalue weighted by Gasteiger charge is -2.25. The van der Waals surface area contributed by atoms with Crippen LogP contribution in [0.25, 0.3) is 0 Å². The first-order valence-corrected chi connectivity index (χ1v) is 9.24. The Morgan fingerprint density at radius 2 is 1.85 bits per heavy atom. The van der Waals surface area contributed by atoms with Gasteiger partial charge in [0.2, 0.25) is 0 Å². The molecule has 5 heteroatoms. The lowest BCUT2D eigenvalue weighted by molar-refractivity contribution is 0.163. The summed E-state index contributed by atoms with van der Waals surface area (Å²) in [5.74, 6) is 1.36. The number of hydrogen-bond donors (Lipinski definition) is 0. The molecule has 0 aliphatic carbocycles. The molecule has 0 spiro atoms. The van der Waals surface area contributed by atoms with Crippen LogP contribution >= 0.6 is 0 Å². The van der Waals surface area contributed by atoms with Gasteiger partial charge in [0.25, 0.3) is 5.88 Å². The van der Waals surface area contributed by atoms with Crippen LogP contribution in [-0.4, -0.2) is 34.6 Å². The normalized spacial score (nSPS) is 17.2. The van der Waals surface area contributed by atoms with Crippen molar-refractivity contribution < 1.29 is 9.47 Å². The molecule has 0 aromatic carbocycles. The predicted octanol–water partition coefficient (Wildman–Crippen LogP) is 3.76. The maximum Gasteiger partial charge on any atom is 0.257 e. The summed E-state index contributed by atoms with van der Waals surface area (Å²) in [4.78, 5) is 11.5. The summed E-state index contributed by atoms with van der Waals surface area (Å²) in [7, 11) is 0. The molecule has 26 heavy (non-hydrogen) atoms. The van der Waals surface area contributed by atoms with Gasteiger partial charge in [0, 0.05) is 17.9 Å². The number of aryl methyl sites for hydroxylation is 2. The average molecular weight is 351 g/mol.